The third-order valence-corrected chi connectivity index (χ3v) is 6.75. The molecule has 1 atom stereocenters. The summed E-state index contributed by atoms with van der Waals surface area (Å²) in [6.07, 6.45) is 1.53. The lowest BCUT2D eigenvalue weighted by Gasteiger charge is -2.37. The number of ether oxygens (including phenoxy) is 1. The summed E-state index contributed by atoms with van der Waals surface area (Å²) in [6.45, 7) is 2.42. The van der Waals surface area contributed by atoms with Gasteiger partial charge in [-0.1, -0.05) is 49.4 Å². The van der Waals surface area contributed by atoms with Crippen LogP contribution in [0.1, 0.15) is 36.9 Å². The van der Waals surface area contributed by atoms with Crippen LogP contribution in [0.2, 0.25) is 0 Å². The van der Waals surface area contributed by atoms with E-state index < -0.39 is 22.0 Å². The fraction of sp³-hybridized carbons (Fsp3) is 0.231. The maximum atomic E-state index is 13.4. The van der Waals surface area contributed by atoms with Crippen molar-refractivity contribution in [1.29, 1.82) is 0 Å². The normalized spacial score (nSPS) is 15.3. The van der Waals surface area contributed by atoms with Crippen molar-refractivity contribution < 1.29 is 22.7 Å². The number of aryl methyl sites for hydroxylation is 1. The third-order valence-electron chi connectivity index (χ3n) is 5.84. The fourth-order valence-electron chi connectivity index (χ4n) is 4.03. The molecule has 0 aromatic heterocycles. The first kappa shape index (κ1) is 24.4. The number of carbonyl (C=O) groups is 2. The van der Waals surface area contributed by atoms with Crippen molar-refractivity contribution in [2.75, 3.05) is 16.8 Å². The van der Waals surface area contributed by atoms with Gasteiger partial charge in [0.2, 0.25) is 15.9 Å². The average Bonchev–Trinajstić information content (AvgIpc) is 2.85. The summed E-state index contributed by atoms with van der Waals surface area (Å²) in [4.78, 5) is 27.8. The van der Waals surface area contributed by atoms with Gasteiger partial charge in [0.05, 0.1) is 22.9 Å². The van der Waals surface area contributed by atoms with Gasteiger partial charge < -0.3 is 10.1 Å². The molecular formula is C26H27N3O5S. The molecule has 0 aliphatic carbocycles. The molecule has 0 saturated carbocycles. The van der Waals surface area contributed by atoms with Gasteiger partial charge in [0, 0.05) is 6.42 Å². The van der Waals surface area contributed by atoms with Gasteiger partial charge in [-0.25, -0.2) is 13.6 Å². The van der Waals surface area contributed by atoms with Crippen molar-refractivity contribution in [1.82, 2.24) is 0 Å². The van der Waals surface area contributed by atoms with Crippen molar-refractivity contribution in [3.8, 4) is 5.75 Å². The van der Waals surface area contributed by atoms with E-state index in [1.165, 1.54) is 28.7 Å². The molecular weight excluding hydrogens is 466 g/mol. The number of amides is 2. The molecule has 8 nitrogen and oxygen atoms in total. The summed E-state index contributed by atoms with van der Waals surface area (Å²) in [5, 5.41) is 7.97. The molecule has 3 aromatic rings. The van der Waals surface area contributed by atoms with E-state index in [1.807, 2.05) is 30.3 Å². The lowest BCUT2D eigenvalue weighted by atomic mass is 9.99. The average molecular weight is 494 g/mol. The first-order valence-corrected chi connectivity index (χ1v) is 12.9. The summed E-state index contributed by atoms with van der Waals surface area (Å²) >= 11 is 0. The Morgan fingerprint density at radius 3 is 2.43 bits per heavy atom. The zero-order valence-electron chi connectivity index (χ0n) is 19.3. The number of nitrogens with two attached hydrogens (primary N) is 1. The quantitative estimate of drug-likeness (QED) is 0.463. The molecule has 0 bridgehead atoms. The molecule has 0 fully saturated rings. The number of rotatable bonds is 8. The predicted octanol–water partition coefficient (Wildman–Crippen LogP) is 3.78. The van der Waals surface area contributed by atoms with Gasteiger partial charge in [-0.2, -0.15) is 0 Å². The number of hydrogen-bond acceptors (Lipinski definition) is 5. The van der Waals surface area contributed by atoms with E-state index in [9.17, 15) is 18.0 Å². The maximum absolute atomic E-state index is 13.4. The second-order valence-corrected chi connectivity index (χ2v) is 9.80. The Morgan fingerprint density at radius 1 is 1.06 bits per heavy atom. The number of hydrogen-bond donors (Lipinski definition) is 2. The zero-order chi connectivity index (χ0) is 25.0. The number of benzene rings is 3. The molecule has 3 aromatic carbocycles. The van der Waals surface area contributed by atoms with E-state index in [-0.39, 0.29) is 22.9 Å². The van der Waals surface area contributed by atoms with Gasteiger partial charge in [-0.05, 0) is 54.3 Å². The fourth-order valence-corrected chi connectivity index (χ4v) is 4.57. The minimum Gasteiger partial charge on any atom is -0.494 e. The second-order valence-electron chi connectivity index (χ2n) is 8.24. The number of fused-ring (bicyclic) bond motifs is 1. The van der Waals surface area contributed by atoms with Crippen LogP contribution in [-0.4, -0.2) is 26.8 Å². The molecule has 9 heteroatoms. The Hall–Kier alpha value is -3.69. The monoisotopic (exact) mass is 493 g/mol. The van der Waals surface area contributed by atoms with Crippen molar-refractivity contribution in [3.63, 3.8) is 0 Å². The second kappa shape index (κ2) is 10.3. The number of carbonyl (C=O) groups excluding carboxylic acids is 2. The highest BCUT2D eigenvalue weighted by atomic mass is 32.2. The maximum Gasteiger partial charge on any atom is 0.252 e. The van der Waals surface area contributed by atoms with Crippen LogP contribution in [0.4, 0.5) is 11.4 Å². The third kappa shape index (κ3) is 5.52. The summed E-state index contributed by atoms with van der Waals surface area (Å²) in [6, 6.07) is 20.0. The number of nitrogens with zero attached hydrogens (tertiary/aromatic N) is 1. The van der Waals surface area contributed by atoms with Crippen molar-refractivity contribution in [2.24, 2.45) is 5.14 Å². The Bertz CT molecular complexity index is 1320. The summed E-state index contributed by atoms with van der Waals surface area (Å²) in [5.41, 5.74) is 2.49. The minimum atomic E-state index is -3.98. The van der Waals surface area contributed by atoms with Gasteiger partial charge >= 0.3 is 0 Å². The van der Waals surface area contributed by atoms with Crippen LogP contribution >= 0.6 is 0 Å². The van der Waals surface area contributed by atoms with E-state index in [1.54, 1.807) is 24.3 Å². The molecule has 4 rings (SSSR count). The zero-order valence-corrected chi connectivity index (χ0v) is 20.1. The molecule has 1 unspecified atom stereocenters. The van der Waals surface area contributed by atoms with Crippen molar-refractivity contribution in [3.05, 3.63) is 83.9 Å². The van der Waals surface area contributed by atoms with Crippen LogP contribution < -0.4 is 20.1 Å². The van der Waals surface area contributed by atoms with Crippen LogP contribution in [0.25, 0.3) is 0 Å². The molecule has 182 valence electrons. The molecule has 1 aliphatic rings. The van der Waals surface area contributed by atoms with E-state index >= 15 is 0 Å². The predicted molar refractivity (Wildman–Crippen MR) is 134 cm³/mol. The van der Waals surface area contributed by atoms with E-state index in [0.29, 0.717) is 24.3 Å². The summed E-state index contributed by atoms with van der Waals surface area (Å²) in [5.74, 6) is 0.0224. The van der Waals surface area contributed by atoms with Crippen molar-refractivity contribution >= 4 is 33.2 Å². The highest BCUT2D eigenvalue weighted by Crippen LogP contribution is 2.40. The van der Waals surface area contributed by atoms with Crippen LogP contribution in [0, 0.1) is 0 Å². The van der Waals surface area contributed by atoms with Crippen LogP contribution in [0.3, 0.4) is 0 Å². The van der Waals surface area contributed by atoms with E-state index in [0.717, 1.165) is 12.2 Å². The van der Waals surface area contributed by atoms with Crippen LogP contribution in [-0.2, 0) is 26.0 Å². The van der Waals surface area contributed by atoms with Crippen LogP contribution in [0.5, 0.6) is 5.75 Å². The lowest BCUT2D eigenvalue weighted by Crippen LogP contribution is -2.45. The summed E-state index contributed by atoms with van der Waals surface area (Å²) < 4.78 is 29.4. The van der Waals surface area contributed by atoms with Gasteiger partial charge in [0.25, 0.3) is 5.91 Å². The molecule has 0 spiro atoms. The summed E-state index contributed by atoms with van der Waals surface area (Å²) in [7, 11) is -3.98. The molecule has 1 aliphatic heterocycles. The standard InChI is InChI=1S/C26H27N3O5S/c1-2-18-10-12-20(13-11-18)34-16-6-9-24(30)29-23-15-14-21(35(27,32)33)17-22(23)28-26(31)25(29)19-7-4-3-5-8-19/h3-5,7-8,10-15,17,25H,2,6,9,16H2,1H3,(H,28,31)(H2,27,32,33). The minimum absolute atomic E-state index is 0.139. The van der Waals surface area contributed by atoms with Crippen molar-refractivity contribution in [2.45, 2.75) is 37.1 Å². The largest absolute Gasteiger partial charge is 0.494 e. The van der Waals surface area contributed by atoms with E-state index in [4.69, 9.17) is 9.88 Å². The van der Waals surface area contributed by atoms with Gasteiger partial charge in [-0.3, -0.25) is 14.5 Å². The van der Waals surface area contributed by atoms with Gasteiger partial charge in [0.15, 0.2) is 0 Å². The Kier molecular flexibility index (Phi) is 7.18. The topological polar surface area (TPSA) is 119 Å². The number of nitrogens with one attached hydrogen (secondary N) is 1. The molecule has 0 saturated heterocycles. The molecule has 2 amide bonds. The van der Waals surface area contributed by atoms with Gasteiger partial charge in [-0.15, -0.1) is 0 Å². The molecule has 0 radical (unpaired) electrons. The molecule has 1 heterocycles. The Labute approximate surface area is 204 Å². The highest BCUT2D eigenvalue weighted by Gasteiger charge is 2.38. The molecule has 3 N–H and O–H groups in total. The molecule has 35 heavy (non-hydrogen) atoms. The number of anilines is 2. The first-order valence-electron chi connectivity index (χ1n) is 11.3. The SMILES string of the molecule is CCc1ccc(OCCCC(=O)N2c3ccc(S(N)(=O)=O)cc3NC(=O)C2c2ccccc2)cc1. The van der Waals surface area contributed by atoms with E-state index in [2.05, 4.69) is 12.2 Å². The first-order chi connectivity index (χ1) is 16.8. The van der Waals surface area contributed by atoms with Crippen LogP contribution in [0.15, 0.2) is 77.7 Å². The Morgan fingerprint density at radius 2 is 1.77 bits per heavy atom. The highest BCUT2D eigenvalue weighted by molar-refractivity contribution is 7.89. The lowest BCUT2D eigenvalue weighted by molar-refractivity contribution is -0.124. The number of primary sulfonamides is 1. The smallest absolute Gasteiger partial charge is 0.252 e. The van der Waals surface area contributed by atoms with Gasteiger partial charge in [0.1, 0.15) is 11.8 Å². The Balaban J connectivity index is 1.56. The number of sulfonamides is 1.